The van der Waals surface area contributed by atoms with E-state index in [1.807, 2.05) is 48.0 Å². The quantitative estimate of drug-likeness (QED) is 0.227. The lowest BCUT2D eigenvalue weighted by Gasteiger charge is -2.09. The van der Waals surface area contributed by atoms with E-state index >= 15 is 0 Å². The highest BCUT2D eigenvalue weighted by Gasteiger charge is 2.11. The van der Waals surface area contributed by atoms with Crippen molar-refractivity contribution in [2.75, 3.05) is 0 Å². The fourth-order valence-corrected chi connectivity index (χ4v) is 1.42. The van der Waals surface area contributed by atoms with Crippen LogP contribution < -0.4 is 3.64 Å². The van der Waals surface area contributed by atoms with E-state index in [1.54, 1.807) is 12.2 Å². The molecule has 0 amide bonds. The molecule has 17 heavy (non-hydrogen) atoms. The number of hydrogen-bond donors (Lipinski definition) is 2. The van der Waals surface area contributed by atoms with Gasteiger partial charge >= 0.3 is 0 Å². The first-order chi connectivity index (χ1) is 8.21. The summed E-state index contributed by atoms with van der Waals surface area (Å²) in [4.78, 5) is 0. The Labute approximate surface area is 117 Å². The Balaban J connectivity index is 4.70. The van der Waals surface area contributed by atoms with Gasteiger partial charge in [-0.15, -0.1) is 6.58 Å². The maximum absolute atomic E-state index is 8.00. The first kappa shape index (κ1) is 15.8. The molecule has 0 rings (SSSR count). The maximum atomic E-state index is 8.00. The third-order valence-corrected chi connectivity index (χ3v) is 2.31. The van der Waals surface area contributed by atoms with Crippen molar-refractivity contribution >= 4 is 34.3 Å². The third kappa shape index (κ3) is 6.21. The van der Waals surface area contributed by atoms with Crippen LogP contribution >= 0.6 is 22.9 Å². The van der Waals surface area contributed by atoms with Crippen LogP contribution in [0.5, 0.6) is 0 Å². The average Bonchev–Trinajstić information content (AvgIpc) is 2.35. The summed E-state index contributed by atoms with van der Waals surface area (Å²) in [6, 6.07) is 0. The van der Waals surface area contributed by atoms with Crippen LogP contribution in [0.2, 0.25) is 0 Å². The van der Waals surface area contributed by atoms with Crippen LogP contribution in [0.3, 0.4) is 0 Å². The van der Waals surface area contributed by atoms with Gasteiger partial charge < -0.3 is 5.41 Å². The molecule has 0 aromatic heterocycles. The van der Waals surface area contributed by atoms with E-state index < -0.39 is 0 Å². The van der Waals surface area contributed by atoms with Crippen molar-refractivity contribution < 1.29 is 0 Å². The molecule has 4 heteroatoms. The van der Waals surface area contributed by atoms with Gasteiger partial charge in [-0.2, -0.15) is 5.10 Å². The molecule has 0 aromatic rings. The lowest BCUT2D eigenvalue weighted by atomic mass is 9.98. The highest BCUT2D eigenvalue weighted by atomic mass is 127. The van der Waals surface area contributed by atoms with Crippen LogP contribution in [-0.2, 0) is 0 Å². The van der Waals surface area contributed by atoms with Gasteiger partial charge in [0.05, 0.1) is 28.6 Å². The van der Waals surface area contributed by atoms with Gasteiger partial charge in [-0.25, -0.2) is 3.64 Å². The zero-order chi connectivity index (χ0) is 13.1. The van der Waals surface area contributed by atoms with E-state index in [2.05, 4.69) is 28.0 Å². The van der Waals surface area contributed by atoms with Gasteiger partial charge in [0, 0.05) is 5.92 Å². The number of halogens is 1. The van der Waals surface area contributed by atoms with Crippen LogP contribution in [0.1, 0.15) is 13.3 Å². The Morgan fingerprint density at radius 2 is 2.18 bits per heavy atom. The van der Waals surface area contributed by atoms with Crippen LogP contribution in [0.4, 0.5) is 0 Å². The van der Waals surface area contributed by atoms with Gasteiger partial charge in [0.25, 0.3) is 0 Å². The minimum atomic E-state index is -0.137. The van der Waals surface area contributed by atoms with Crippen LogP contribution in [-0.4, -0.2) is 11.4 Å². The Bertz CT molecular complexity index is 354. The fourth-order valence-electron chi connectivity index (χ4n) is 1.16. The lowest BCUT2D eigenvalue weighted by Crippen LogP contribution is -2.19. The summed E-state index contributed by atoms with van der Waals surface area (Å²) in [6.45, 7) is 9.36. The number of rotatable bonds is 8. The van der Waals surface area contributed by atoms with Gasteiger partial charge in [0.1, 0.15) is 5.71 Å². The summed E-state index contributed by atoms with van der Waals surface area (Å²) in [5, 5.41) is 12.0. The topological polar surface area (TPSA) is 48.2 Å². The van der Waals surface area contributed by atoms with E-state index in [-0.39, 0.29) is 5.92 Å². The Kier molecular flexibility index (Phi) is 9.33. The molecule has 3 nitrogen and oxygen atoms in total. The highest BCUT2D eigenvalue weighted by Crippen LogP contribution is 2.06. The lowest BCUT2D eigenvalue weighted by molar-refractivity contribution is 1.10. The molecule has 0 saturated heterocycles. The molecular weight excluding hydrogens is 325 g/mol. The summed E-state index contributed by atoms with van der Waals surface area (Å²) in [5.41, 5.74) is 0.913. The van der Waals surface area contributed by atoms with E-state index in [1.165, 1.54) is 0 Å². The largest absolute Gasteiger partial charge is 0.302 e. The number of hydrogen-bond acceptors (Lipinski definition) is 3. The molecule has 0 aliphatic heterocycles. The van der Waals surface area contributed by atoms with Crippen molar-refractivity contribution in [1.82, 2.24) is 3.64 Å². The van der Waals surface area contributed by atoms with E-state index in [9.17, 15) is 0 Å². The second-order valence-electron chi connectivity index (χ2n) is 3.19. The van der Waals surface area contributed by atoms with Crippen LogP contribution in [0.15, 0.2) is 54.7 Å². The molecule has 92 valence electrons. The number of hydrazone groups is 1. The molecule has 1 atom stereocenters. The van der Waals surface area contributed by atoms with E-state index in [4.69, 9.17) is 5.41 Å². The Hall–Kier alpha value is -1.17. The number of allylic oxidation sites excluding steroid dienone is 6. The highest BCUT2D eigenvalue weighted by molar-refractivity contribution is 14.1. The summed E-state index contributed by atoms with van der Waals surface area (Å²) in [6.07, 6.45) is 12.1. The molecule has 0 saturated carbocycles. The van der Waals surface area contributed by atoms with Crippen molar-refractivity contribution in [3.63, 3.8) is 0 Å². The summed E-state index contributed by atoms with van der Waals surface area (Å²) >= 11 is 1.90. The molecule has 0 aromatic carbocycles. The SMILES string of the molecule is C=CC(=NNI)C(=N)C(C=C)/C=C/C/C=C\C. The zero-order valence-electron chi connectivity index (χ0n) is 9.99. The molecule has 0 aliphatic rings. The fraction of sp³-hybridized carbons (Fsp3) is 0.231. The van der Waals surface area contributed by atoms with Gasteiger partial charge in [-0.05, 0) is 19.4 Å². The molecular formula is C13H18IN3. The maximum Gasteiger partial charge on any atom is 0.105 e. The molecule has 0 radical (unpaired) electrons. The molecule has 0 bridgehead atoms. The third-order valence-electron chi connectivity index (χ3n) is 2.07. The molecule has 1 unspecified atom stereocenters. The van der Waals surface area contributed by atoms with Crippen molar-refractivity contribution in [2.24, 2.45) is 11.0 Å². The predicted molar refractivity (Wildman–Crippen MR) is 84.8 cm³/mol. The number of nitrogens with one attached hydrogen (secondary N) is 2. The van der Waals surface area contributed by atoms with E-state index in [0.29, 0.717) is 11.4 Å². The van der Waals surface area contributed by atoms with Crippen LogP contribution in [0, 0.1) is 11.3 Å². The molecule has 0 aliphatic carbocycles. The molecule has 0 heterocycles. The summed E-state index contributed by atoms with van der Waals surface area (Å²) in [7, 11) is 0. The van der Waals surface area contributed by atoms with Gasteiger partial charge in [0.2, 0.25) is 0 Å². The smallest absolute Gasteiger partial charge is 0.105 e. The van der Waals surface area contributed by atoms with Crippen molar-refractivity contribution in [3.8, 4) is 0 Å². The second-order valence-corrected chi connectivity index (χ2v) is 3.68. The predicted octanol–water partition coefficient (Wildman–Crippen LogP) is 3.81. The first-order valence-electron chi connectivity index (χ1n) is 5.26. The van der Waals surface area contributed by atoms with Crippen molar-refractivity contribution in [3.05, 3.63) is 49.6 Å². The normalized spacial score (nSPS) is 13.9. The van der Waals surface area contributed by atoms with Gasteiger partial charge in [0.15, 0.2) is 0 Å². The average molecular weight is 343 g/mol. The van der Waals surface area contributed by atoms with Crippen molar-refractivity contribution in [2.45, 2.75) is 13.3 Å². The Morgan fingerprint density at radius 3 is 2.65 bits per heavy atom. The first-order valence-corrected chi connectivity index (χ1v) is 6.34. The monoisotopic (exact) mass is 343 g/mol. The van der Waals surface area contributed by atoms with Crippen LogP contribution in [0.25, 0.3) is 0 Å². The summed E-state index contributed by atoms with van der Waals surface area (Å²) in [5.74, 6) is -0.137. The summed E-state index contributed by atoms with van der Waals surface area (Å²) < 4.78 is 2.63. The van der Waals surface area contributed by atoms with Gasteiger partial charge in [-0.3, -0.25) is 0 Å². The Morgan fingerprint density at radius 1 is 1.47 bits per heavy atom. The molecule has 2 N–H and O–H groups in total. The molecule has 0 fully saturated rings. The molecule has 0 spiro atoms. The number of nitrogens with zero attached hydrogens (tertiary/aromatic N) is 1. The van der Waals surface area contributed by atoms with E-state index in [0.717, 1.165) is 6.42 Å². The second kappa shape index (κ2) is 10.0. The van der Waals surface area contributed by atoms with Crippen molar-refractivity contribution in [1.29, 1.82) is 5.41 Å². The van der Waals surface area contributed by atoms with Gasteiger partial charge in [-0.1, -0.05) is 37.0 Å². The standard InChI is InChI=1S/C13H18IN3/c1-4-7-8-9-10-11(5-2)13(15)12(6-3)16-17-14/h4-7,9-11,15,17H,2-3,8H2,1H3/b7-4-,10-9+,15-13?,16-12?. The zero-order valence-corrected chi connectivity index (χ0v) is 12.1. The minimum absolute atomic E-state index is 0.137. The minimum Gasteiger partial charge on any atom is -0.302 e.